The lowest BCUT2D eigenvalue weighted by atomic mass is 10.2. The highest BCUT2D eigenvalue weighted by Gasteiger charge is 2.20. The molecule has 0 aliphatic rings. The van der Waals surface area contributed by atoms with Gasteiger partial charge in [-0.1, -0.05) is 11.6 Å². The quantitative estimate of drug-likeness (QED) is 0.601. The summed E-state index contributed by atoms with van der Waals surface area (Å²) in [6.45, 7) is 0.892. The molecule has 1 aromatic rings. The van der Waals surface area contributed by atoms with Crippen LogP contribution in [0.3, 0.4) is 0 Å². The summed E-state index contributed by atoms with van der Waals surface area (Å²) in [6, 6.07) is 1.61. The summed E-state index contributed by atoms with van der Waals surface area (Å²) in [5.74, 6) is -1.69. The summed E-state index contributed by atoms with van der Waals surface area (Å²) >= 11 is 5.68. The Morgan fingerprint density at radius 2 is 2.05 bits per heavy atom. The molecule has 0 aromatic heterocycles. The van der Waals surface area contributed by atoms with Crippen molar-refractivity contribution in [2.45, 2.75) is 17.7 Å². The van der Waals surface area contributed by atoms with Crippen LogP contribution in [0, 0.1) is 5.82 Å². The molecule has 1 rings (SSSR count). The molecule has 21 heavy (non-hydrogen) atoms. The van der Waals surface area contributed by atoms with Crippen LogP contribution in [-0.2, 0) is 13.8 Å². The first-order chi connectivity index (χ1) is 9.77. The Bertz CT molecular complexity index is 622. The fourth-order valence-electron chi connectivity index (χ4n) is 1.54. The minimum Gasteiger partial charge on any atom is -0.385 e. The average Bonchev–Trinajstić information content (AvgIpc) is 2.40. The Balaban J connectivity index is 2.86. The summed E-state index contributed by atoms with van der Waals surface area (Å²) < 4.78 is 40.9. The van der Waals surface area contributed by atoms with Crippen LogP contribution in [0.4, 0.5) is 4.39 Å². The number of unbranched alkanes of at least 4 members (excludes halogenated alkanes) is 1. The van der Waals surface area contributed by atoms with E-state index in [4.69, 9.17) is 27.0 Å². The summed E-state index contributed by atoms with van der Waals surface area (Å²) in [7, 11) is 2.55. The molecule has 0 aliphatic heterocycles. The Kier molecular flexibility index (Phi) is 6.86. The van der Waals surface area contributed by atoms with Gasteiger partial charge in [0.05, 0.1) is 15.5 Å². The van der Waals surface area contributed by atoms with Crippen molar-refractivity contribution in [3.8, 4) is 0 Å². The maximum absolute atomic E-state index is 13.6. The molecule has 0 unspecified atom stereocenters. The molecule has 9 heteroatoms. The predicted octanol–water partition coefficient (Wildman–Crippen LogP) is 2.56. The van der Waals surface area contributed by atoms with Crippen molar-refractivity contribution in [2.75, 3.05) is 20.3 Å². The lowest BCUT2D eigenvalue weighted by Crippen LogP contribution is -2.25. The zero-order valence-corrected chi connectivity index (χ0v) is 13.5. The number of methoxy groups -OCH3 is 1. The largest absolute Gasteiger partial charge is 0.385 e. The maximum atomic E-state index is 13.6. The summed E-state index contributed by atoms with van der Waals surface area (Å²) in [6.07, 6.45) is 1.40. The SMILES string of the molecule is COCCCCNC(=O)c1cc(S(=O)(=O)Cl)cc(F)c1Cl. The second kappa shape index (κ2) is 7.93. The molecule has 0 spiro atoms. The molecule has 1 amide bonds. The van der Waals surface area contributed by atoms with Gasteiger partial charge in [-0.05, 0) is 25.0 Å². The third-order valence-electron chi connectivity index (χ3n) is 2.59. The van der Waals surface area contributed by atoms with Crippen LogP contribution >= 0.6 is 22.3 Å². The van der Waals surface area contributed by atoms with E-state index in [0.29, 0.717) is 25.6 Å². The number of hydrogen-bond donors (Lipinski definition) is 1. The molecule has 0 aliphatic carbocycles. The Hall–Kier alpha value is -0.890. The van der Waals surface area contributed by atoms with Gasteiger partial charge in [0.1, 0.15) is 5.82 Å². The Labute approximate surface area is 131 Å². The van der Waals surface area contributed by atoms with Gasteiger partial charge in [0.25, 0.3) is 15.0 Å². The van der Waals surface area contributed by atoms with Crippen LogP contribution in [0.1, 0.15) is 23.2 Å². The molecule has 0 heterocycles. The van der Waals surface area contributed by atoms with Crippen LogP contribution in [0.5, 0.6) is 0 Å². The van der Waals surface area contributed by atoms with E-state index < -0.39 is 30.7 Å². The van der Waals surface area contributed by atoms with Gasteiger partial charge in [0.15, 0.2) is 0 Å². The smallest absolute Gasteiger partial charge is 0.261 e. The van der Waals surface area contributed by atoms with Crippen LogP contribution in [-0.4, -0.2) is 34.6 Å². The Morgan fingerprint density at radius 3 is 2.62 bits per heavy atom. The van der Waals surface area contributed by atoms with Crippen molar-refractivity contribution < 1.29 is 22.3 Å². The van der Waals surface area contributed by atoms with Gasteiger partial charge >= 0.3 is 0 Å². The van der Waals surface area contributed by atoms with Crippen molar-refractivity contribution in [1.29, 1.82) is 0 Å². The molecule has 0 saturated carbocycles. The minimum atomic E-state index is -4.15. The van der Waals surface area contributed by atoms with Crippen molar-refractivity contribution in [1.82, 2.24) is 5.32 Å². The van der Waals surface area contributed by atoms with E-state index in [9.17, 15) is 17.6 Å². The fraction of sp³-hybridized carbons (Fsp3) is 0.417. The van der Waals surface area contributed by atoms with Gasteiger partial charge in [0, 0.05) is 30.9 Å². The number of amides is 1. The number of halogens is 3. The highest BCUT2D eigenvalue weighted by molar-refractivity contribution is 8.13. The number of carbonyl (C=O) groups excluding carboxylic acids is 1. The van der Waals surface area contributed by atoms with Crippen LogP contribution in [0.25, 0.3) is 0 Å². The molecule has 0 bridgehead atoms. The van der Waals surface area contributed by atoms with Gasteiger partial charge in [-0.2, -0.15) is 0 Å². The zero-order valence-electron chi connectivity index (χ0n) is 11.2. The molecule has 0 saturated heterocycles. The van der Waals surface area contributed by atoms with Crippen LogP contribution < -0.4 is 5.32 Å². The van der Waals surface area contributed by atoms with E-state index >= 15 is 0 Å². The average molecular weight is 358 g/mol. The van der Waals surface area contributed by atoms with E-state index in [1.54, 1.807) is 7.11 Å². The predicted molar refractivity (Wildman–Crippen MR) is 77.9 cm³/mol. The standard InChI is InChI=1S/C12H14Cl2FNO4S/c1-20-5-3-2-4-16-12(17)9-6-8(21(14,18)19)7-10(15)11(9)13/h6-7H,2-5H2,1H3,(H,16,17). The van der Waals surface area contributed by atoms with Crippen molar-refractivity contribution in [3.63, 3.8) is 0 Å². The van der Waals surface area contributed by atoms with Gasteiger partial charge < -0.3 is 10.1 Å². The molecular formula is C12H14Cl2FNO4S. The minimum absolute atomic E-state index is 0.275. The number of rotatable bonds is 7. The maximum Gasteiger partial charge on any atom is 0.261 e. The summed E-state index contributed by atoms with van der Waals surface area (Å²) in [5, 5.41) is 2.07. The van der Waals surface area contributed by atoms with Crippen LogP contribution in [0.2, 0.25) is 5.02 Å². The topological polar surface area (TPSA) is 72.5 Å². The Morgan fingerprint density at radius 1 is 1.38 bits per heavy atom. The van der Waals surface area contributed by atoms with E-state index in [1.807, 2.05) is 0 Å². The van der Waals surface area contributed by atoms with E-state index in [1.165, 1.54) is 0 Å². The second-order valence-electron chi connectivity index (χ2n) is 4.16. The summed E-state index contributed by atoms with van der Waals surface area (Å²) in [4.78, 5) is 11.4. The van der Waals surface area contributed by atoms with Gasteiger partial charge in [-0.25, -0.2) is 12.8 Å². The summed E-state index contributed by atoms with van der Waals surface area (Å²) in [5.41, 5.74) is -0.275. The number of ether oxygens (including phenoxy) is 1. The zero-order chi connectivity index (χ0) is 16.0. The molecule has 1 N–H and O–H groups in total. The monoisotopic (exact) mass is 357 g/mol. The molecule has 1 aromatic carbocycles. The van der Waals surface area contributed by atoms with Crippen molar-refractivity contribution in [3.05, 3.63) is 28.5 Å². The fourth-order valence-corrected chi connectivity index (χ4v) is 2.50. The lowest BCUT2D eigenvalue weighted by molar-refractivity contribution is 0.0951. The third kappa shape index (κ3) is 5.43. The van der Waals surface area contributed by atoms with Gasteiger partial charge in [0.2, 0.25) is 0 Å². The number of carbonyl (C=O) groups is 1. The number of nitrogens with one attached hydrogen (secondary N) is 1. The normalized spacial score (nSPS) is 11.4. The second-order valence-corrected chi connectivity index (χ2v) is 7.10. The highest BCUT2D eigenvalue weighted by atomic mass is 35.7. The van der Waals surface area contributed by atoms with Gasteiger partial charge in [-0.15, -0.1) is 0 Å². The first-order valence-electron chi connectivity index (χ1n) is 5.98. The first-order valence-corrected chi connectivity index (χ1v) is 8.67. The van der Waals surface area contributed by atoms with Crippen molar-refractivity contribution in [2.24, 2.45) is 0 Å². The van der Waals surface area contributed by atoms with E-state index in [2.05, 4.69) is 5.32 Å². The molecule has 0 fully saturated rings. The van der Waals surface area contributed by atoms with Crippen LogP contribution in [0.15, 0.2) is 17.0 Å². The van der Waals surface area contributed by atoms with Crippen molar-refractivity contribution >= 4 is 37.2 Å². The van der Waals surface area contributed by atoms with E-state index in [-0.39, 0.29) is 5.56 Å². The molecule has 0 radical (unpaired) electrons. The first kappa shape index (κ1) is 18.2. The molecule has 0 atom stereocenters. The molecule has 5 nitrogen and oxygen atoms in total. The number of benzene rings is 1. The molecular weight excluding hydrogens is 344 g/mol. The third-order valence-corrected chi connectivity index (χ3v) is 4.31. The highest BCUT2D eigenvalue weighted by Crippen LogP contribution is 2.26. The lowest BCUT2D eigenvalue weighted by Gasteiger charge is -2.08. The van der Waals surface area contributed by atoms with E-state index in [0.717, 1.165) is 12.5 Å². The van der Waals surface area contributed by atoms with Gasteiger partial charge in [-0.3, -0.25) is 4.79 Å². The molecule has 118 valence electrons. The number of hydrogen-bond acceptors (Lipinski definition) is 4.